The van der Waals surface area contributed by atoms with Gasteiger partial charge in [-0.15, -0.1) is 0 Å². The molecule has 0 saturated heterocycles. The minimum atomic E-state index is 0.00424. The van der Waals surface area contributed by atoms with Gasteiger partial charge in [-0.25, -0.2) is 9.97 Å². The zero-order valence-corrected chi connectivity index (χ0v) is 8.29. The number of hydrogen-bond acceptors (Lipinski definition) is 4. The van der Waals surface area contributed by atoms with Gasteiger partial charge in [-0.05, 0) is 12.1 Å². The number of amides is 1. The number of aromatic hydroxyl groups is 1. The van der Waals surface area contributed by atoms with E-state index in [1.54, 1.807) is 18.2 Å². The number of carbonyl (C=O) groups excluding carboxylic acids is 1. The van der Waals surface area contributed by atoms with Gasteiger partial charge >= 0.3 is 0 Å². The number of para-hydroxylation sites is 1. The van der Waals surface area contributed by atoms with E-state index in [1.165, 1.54) is 12.4 Å². The Morgan fingerprint density at radius 2 is 1.88 bits per heavy atom. The number of carbonyl (C=O) groups is 1. The van der Waals surface area contributed by atoms with Gasteiger partial charge in [0.2, 0.25) is 6.41 Å². The van der Waals surface area contributed by atoms with Crippen molar-refractivity contribution < 1.29 is 9.90 Å². The van der Waals surface area contributed by atoms with Crippen LogP contribution in [0.3, 0.4) is 0 Å². The van der Waals surface area contributed by atoms with E-state index in [2.05, 4.69) is 15.3 Å². The molecule has 1 aromatic heterocycles. The SMILES string of the molecule is O=CNc1ccccc1-c1ncc(O)cn1. The van der Waals surface area contributed by atoms with Crippen molar-refractivity contribution in [3.05, 3.63) is 36.7 Å². The fourth-order valence-corrected chi connectivity index (χ4v) is 1.33. The Morgan fingerprint density at radius 1 is 1.19 bits per heavy atom. The molecule has 0 unspecified atom stereocenters. The predicted molar refractivity (Wildman–Crippen MR) is 58.8 cm³/mol. The normalized spacial score (nSPS) is 9.75. The summed E-state index contributed by atoms with van der Waals surface area (Å²) in [5, 5.41) is 11.6. The number of benzene rings is 1. The maximum Gasteiger partial charge on any atom is 0.211 e. The molecule has 1 heterocycles. The summed E-state index contributed by atoms with van der Waals surface area (Å²) in [6.45, 7) is 0. The number of nitrogens with one attached hydrogen (secondary N) is 1. The van der Waals surface area contributed by atoms with Crippen molar-refractivity contribution in [1.29, 1.82) is 0 Å². The van der Waals surface area contributed by atoms with Crippen LogP contribution in [-0.2, 0) is 4.79 Å². The maximum absolute atomic E-state index is 10.4. The second-order valence-corrected chi connectivity index (χ2v) is 3.07. The molecule has 0 aliphatic heterocycles. The molecule has 2 rings (SSSR count). The topological polar surface area (TPSA) is 75.1 Å². The molecule has 0 radical (unpaired) electrons. The zero-order valence-electron chi connectivity index (χ0n) is 8.29. The van der Waals surface area contributed by atoms with Gasteiger partial charge in [-0.1, -0.05) is 12.1 Å². The Hall–Kier alpha value is -2.43. The van der Waals surface area contributed by atoms with Crippen molar-refractivity contribution in [1.82, 2.24) is 9.97 Å². The highest BCUT2D eigenvalue weighted by Gasteiger charge is 2.06. The van der Waals surface area contributed by atoms with Crippen LogP contribution in [0.25, 0.3) is 11.4 Å². The molecule has 0 aliphatic rings. The van der Waals surface area contributed by atoms with Crippen molar-refractivity contribution in [2.45, 2.75) is 0 Å². The average Bonchev–Trinajstić information content (AvgIpc) is 2.32. The van der Waals surface area contributed by atoms with Crippen molar-refractivity contribution in [2.75, 3.05) is 5.32 Å². The average molecular weight is 215 g/mol. The first kappa shape index (κ1) is 10.1. The molecule has 5 heteroatoms. The second-order valence-electron chi connectivity index (χ2n) is 3.07. The van der Waals surface area contributed by atoms with Gasteiger partial charge in [-0.3, -0.25) is 4.79 Å². The molecule has 1 amide bonds. The van der Waals surface area contributed by atoms with Gasteiger partial charge in [-0.2, -0.15) is 0 Å². The number of anilines is 1. The Bertz CT molecular complexity index is 497. The first-order valence-electron chi connectivity index (χ1n) is 4.62. The molecule has 0 aliphatic carbocycles. The van der Waals surface area contributed by atoms with Crippen LogP contribution in [-0.4, -0.2) is 21.5 Å². The number of nitrogens with zero attached hydrogens (tertiary/aromatic N) is 2. The standard InChI is InChI=1S/C11H9N3O2/c15-7-14-10-4-2-1-3-9(10)11-12-5-8(16)6-13-11/h1-7,16H,(H,14,15). The van der Waals surface area contributed by atoms with E-state index in [-0.39, 0.29) is 5.75 Å². The molecule has 0 spiro atoms. The van der Waals surface area contributed by atoms with Gasteiger partial charge in [0.15, 0.2) is 11.6 Å². The lowest BCUT2D eigenvalue weighted by Gasteiger charge is -2.06. The molecule has 0 saturated carbocycles. The summed E-state index contributed by atoms with van der Waals surface area (Å²) in [5.41, 5.74) is 1.33. The van der Waals surface area contributed by atoms with E-state index < -0.39 is 0 Å². The van der Waals surface area contributed by atoms with Crippen LogP contribution in [0.4, 0.5) is 5.69 Å². The van der Waals surface area contributed by atoms with Crippen LogP contribution in [0.2, 0.25) is 0 Å². The highest BCUT2D eigenvalue weighted by Crippen LogP contribution is 2.24. The minimum Gasteiger partial charge on any atom is -0.505 e. The van der Waals surface area contributed by atoms with Gasteiger partial charge in [0.25, 0.3) is 0 Å². The molecular formula is C11H9N3O2. The van der Waals surface area contributed by atoms with E-state index in [1.807, 2.05) is 6.07 Å². The Kier molecular flexibility index (Phi) is 2.77. The summed E-state index contributed by atoms with van der Waals surface area (Å²) in [4.78, 5) is 18.4. The third-order valence-corrected chi connectivity index (χ3v) is 2.02. The van der Waals surface area contributed by atoms with E-state index >= 15 is 0 Å². The van der Waals surface area contributed by atoms with Gasteiger partial charge in [0, 0.05) is 5.56 Å². The molecule has 5 nitrogen and oxygen atoms in total. The summed E-state index contributed by atoms with van der Waals surface area (Å²) >= 11 is 0. The van der Waals surface area contributed by atoms with Crippen LogP contribution >= 0.6 is 0 Å². The van der Waals surface area contributed by atoms with E-state index in [0.29, 0.717) is 23.5 Å². The van der Waals surface area contributed by atoms with Crippen LogP contribution < -0.4 is 5.32 Å². The van der Waals surface area contributed by atoms with Crippen molar-refractivity contribution in [3.63, 3.8) is 0 Å². The summed E-state index contributed by atoms with van der Waals surface area (Å²) in [6, 6.07) is 7.16. The molecule has 80 valence electrons. The monoisotopic (exact) mass is 215 g/mol. The van der Waals surface area contributed by atoms with E-state index in [4.69, 9.17) is 5.11 Å². The van der Waals surface area contributed by atoms with Gasteiger partial charge in [0.05, 0.1) is 18.1 Å². The van der Waals surface area contributed by atoms with E-state index in [9.17, 15) is 4.79 Å². The molecular weight excluding hydrogens is 206 g/mol. The number of hydrogen-bond donors (Lipinski definition) is 2. The Labute approximate surface area is 91.8 Å². The van der Waals surface area contributed by atoms with Crippen molar-refractivity contribution in [3.8, 4) is 17.1 Å². The lowest BCUT2D eigenvalue weighted by molar-refractivity contribution is -0.105. The van der Waals surface area contributed by atoms with Crippen molar-refractivity contribution in [2.24, 2.45) is 0 Å². The predicted octanol–water partition coefficient (Wildman–Crippen LogP) is 1.42. The number of rotatable bonds is 3. The third-order valence-electron chi connectivity index (χ3n) is 2.02. The molecule has 0 atom stereocenters. The van der Waals surface area contributed by atoms with Gasteiger partial charge < -0.3 is 10.4 Å². The highest BCUT2D eigenvalue weighted by atomic mass is 16.3. The molecule has 2 N–H and O–H groups in total. The smallest absolute Gasteiger partial charge is 0.211 e. The summed E-state index contributed by atoms with van der Waals surface area (Å²) < 4.78 is 0. The molecule has 0 fully saturated rings. The summed E-state index contributed by atoms with van der Waals surface area (Å²) in [6.07, 6.45) is 3.21. The highest BCUT2D eigenvalue weighted by molar-refractivity contribution is 5.82. The third kappa shape index (κ3) is 1.98. The van der Waals surface area contributed by atoms with Gasteiger partial charge in [0.1, 0.15) is 0 Å². The molecule has 16 heavy (non-hydrogen) atoms. The molecule has 1 aromatic carbocycles. The Morgan fingerprint density at radius 3 is 2.56 bits per heavy atom. The Balaban J connectivity index is 2.46. The first-order chi connectivity index (χ1) is 7.81. The fraction of sp³-hybridized carbons (Fsp3) is 0. The molecule has 0 bridgehead atoms. The zero-order chi connectivity index (χ0) is 11.4. The number of aromatic nitrogens is 2. The molecule has 2 aromatic rings. The quantitative estimate of drug-likeness (QED) is 0.759. The van der Waals surface area contributed by atoms with E-state index in [0.717, 1.165) is 0 Å². The first-order valence-corrected chi connectivity index (χ1v) is 4.62. The van der Waals surface area contributed by atoms with Crippen LogP contribution in [0.5, 0.6) is 5.75 Å². The maximum atomic E-state index is 10.4. The van der Waals surface area contributed by atoms with Crippen LogP contribution in [0, 0.1) is 0 Å². The van der Waals surface area contributed by atoms with Crippen molar-refractivity contribution >= 4 is 12.1 Å². The lowest BCUT2D eigenvalue weighted by atomic mass is 10.1. The summed E-state index contributed by atoms with van der Waals surface area (Å²) in [7, 11) is 0. The van der Waals surface area contributed by atoms with Crippen LogP contribution in [0.1, 0.15) is 0 Å². The minimum absolute atomic E-state index is 0.00424. The summed E-state index contributed by atoms with van der Waals surface area (Å²) in [5.74, 6) is 0.451. The van der Waals surface area contributed by atoms with Crippen LogP contribution in [0.15, 0.2) is 36.7 Å². The fourth-order valence-electron chi connectivity index (χ4n) is 1.33. The second kappa shape index (κ2) is 4.39. The lowest BCUT2D eigenvalue weighted by Crippen LogP contribution is -1.97. The largest absolute Gasteiger partial charge is 0.505 e.